The zero-order valence-corrected chi connectivity index (χ0v) is 22.7. The van der Waals surface area contributed by atoms with Gasteiger partial charge in [-0.3, -0.25) is 15.0 Å². The van der Waals surface area contributed by atoms with E-state index < -0.39 is 0 Å². The molecule has 0 spiro atoms. The lowest BCUT2D eigenvalue weighted by atomic mass is 10.1. The summed E-state index contributed by atoms with van der Waals surface area (Å²) in [4.78, 5) is 16.0. The molecule has 2 rings (SSSR count). The smallest absolute Gasteiger partial charge is 0.294 e. The van der Waals surface area contributed by atoms with Crippen LogP contribution in [0.2, 0.25) is 0 Å². The quantitative estimate of drug-likeness (QED) is 0.138. The number of rotatable bonds is 10. The zero-order chi connectivity index (χ0) is 25.8. The molecule has 10 nitrogen and oxygen atoms in total. The Hall–Kier alpha value is -3.18. The fraction of sp³-hybridized carbons (Fsp3) is 0.217. The lowest BCUT2D eigenvalue weighted by Gasteiger charge is -2.13. The Morgan fingerprint density at radius 2 is 1.89 bits per heavy atom. The number of ether oxygens (including phenoxy) is 3. The summed E-state index contributed by atoms with van der Waals surface area (Å²) in [5.74, 6) is 0.229. The second-order valence-corrected chi connectivity index (χ2v) is 9.14. The van der Waals surface area contributed by atoms with Crippen molar-refractivity contribution in [2.45, 2.75) is 19.9 Å². The van der Waals surface area contributed by atoms with Gasteiger partial charge < -0.3 is 31.0 Å². The van der Waals surface area contributed by atoms with Gasteiger partial charge in [0, 0.05) is 29.6 Å². The van der Waals surface area contributed by atoms with Crippen LogP contribution in [0, 0.1) is 5.41 Å². The molecule has 0 heterocycles. The molecule has 0 aliphatic carbocycles. The van der Waals surface area contributed by atoms with Crippen LogP contribution < -0.4 is 26.3 Å². The van der Waals surface area contributed by atoms with Crippen LogP contribution in [0.5, 0.6) is 11.5 Å². The SMILES string of the molecule is COc1cc(C(=N)OC(N)=Nc2ccc(C(C=NPI)=CN)cc2)ccc1OCC(=O)NC(C)C. The summed E-state index contributed by atoms with van der Waals surface area (Å²) in [7, 11) is 1.46. The Kier molecular flexibility index (Phi) is 11.4. The molecule has 0 radical (unpaired) electrons. The van der Waals surface area contributed by atoms with Crippen molar-refractivity contribution in [3.05, 3.63) is 59.8 Å². The molecule has 186 valence electrons. The van der Waals surface area contributed by atoms with E-state index in [0.717, 1.165) is 11.1 Å². The minimum atomic E-state index is -0.247. The number of aliphatic imine (C=N–C) groups is 1. The highest BCUT2D eigenvalue weighted by molar-refractivity contribution is 14.2. The number of nitrogens with zero attached hydrogens (tertiary/aromatic N) is 2. The van der Waals surface area contributed by atoms with Crippen LogP contribution in [0.1, 0.15) is 25.0 Å². The van der Waals surface area contributed by atoms with Gasteiger partial charge in [-0.05, 0) is 71.8 Å². The number of nitrogens with two attached hydrogens (primary N) is 2. The molecule has 1 atom stereocenters. The van der Waals surface area contributed by atoms with Crippen molar-refractivity contribution >= 4 is 63.7 Å². The van der Waals surface area contributed by atoms with Crippen LogP contribution in [-0.2, 0) is 9.53 Å². The summed E-state index contributed by atoms with van der Waals surface area (Å²) in [5, 5.41) is 11.0. The van der Waals surface area contributed by atoms with Crippen LogP contribution in [0.15, 0.2) is 58.4 Å². The molecule has 2 aromatic carbocycles. The molecule has 0 aromatic heterocycles. The minimum Gasteiger partial charge on any atom is -0.493 e. The number of allylic oxidation sites excluding steroid dienone is 1. The van der Waals surface area contributed by atoms with E-state index in [1.54, 1.807) is 36.5 Å². The van der Waals surface area contributed by atoms with Gasteiger partial charge in [0.15, 0.2) is 18.1 Å². The molecule has 0 fully saturated rings. The first-order valence-electron chi connectivity index (χ1n) is 10.4. The molecule has 0 saturated carbocycles. The Morgan fingerprint density at radius 3 is 2.49 bits per heavy atom. The average molecular weight is 610 g/mol. The van der Waals surface area contributed by atoms with E-state index >= 15 is 0 Å². The number of carbonyl (C=O) groups is 1. The van der Waals surface area contributed by atoms with Gasteiger partial charge in [0.2, 0.25) is 5.90 Å². The largest absolute Gasteiger partial charge is 0.493 e. The lowest BCUT2D eigenvalue weighted by Crippen LogP contribution is -2.34. The summed E-state index contributed by atoms with van der Waals surface area (Å²) in [6.07, 6.45) is 3.61. The fourth-order valence-corrected chi connectivity index (χ4v) is 3.39. The minimum absolute atomic E-state index is 0.0126. The van der Waals surface area contributed by atoms with Crippen LogP contribution in [0.25, 0.3) is 5.57 Å². The summed E-state index contributed by atoms with van der Waals surface area (Å²) in [5.41, 5.74) is 14.2. The topological polar surface area (TPSA) is 157 Å². The van der Waals surface area contributed by atoms with Crippen LogP contribution in [0.3, 0.4) is 0 Å². The number of hydrogen-bond acceptors (Lipinski definition) is 8. The molecular formula is C23H28IN6O4P. The number of hydrogen-bond donors (Lipinski definition) is 4. The molecule has 2 aromatic rings. The molecule has 0 aliphatic heterocycles. The highest BCUT2D eigenvalue weighted by Gasteiger charge is 2.13. The van der Waals surface area contributed by atoms with Crippen LogP contribution in [0.4, 0.5) is 5.69 Å². The Balaban J connectivity index is 2.06. The van der Waals surface area contributed by atoms with Gasteiger partial charge in [-0.1, -0.05) is 12.1 Å². The summed E-state index contributed by atoms with van der Waals surface area (Å²) in [6, 6.07) is 11.7. The van der Waals surface area contributed by atoms with E-state index in [1.807, 2.05) is 26.0 Å². The molecule has 1 unspecified atom stereocenters. The molecule has 0 saturated heterocycles. The zero-order valence-electron chi connectivity index (χ0n) is 19.5. The number of carbonyl (C=O) groups excluding carboxylic acids is 1. The number of amides is 1. The summed E-state index contributed by atoms with van der Waals surface area (Å²) >= 11 is 2.17. The van der Waals surface area contributed by atoms with E-state index in [2.05, 4.69) is 37.1 Å². The lowest BCUT2D eigenvalue weighted by molar-refractivity contribution is -0.123. The highest BCUT2D eigenvalue weighted by Crippen LogP contribution is 2.28. The molecule has 12 heteroatoms. The maximum atomic E-state index is 11.8. The highest BCUT2D eigenvalue weighted by atomic mass is 127. The molecule has 1 amide bonds. The fourth-order valence-electron chi connectivity index (χ4n) is 2.78. The van der Waals surface area contributed by atoms with Gasteiger partial charge in [-0.15, -0.1) is 0 Å². The van der Waals surface area contributed by atoms with Crippen molar-refractivity contribution < 1.29 is 19.0 Å². The number of methoxy groups -OCH3 is 1. The van der Waals surface area contributed by atoms with Crippen molar-refractivity contribution in [3.8, 4) is 11.5 Å². The standard InChI is InChI=1S/C23H28IN6O4P/c1-14(2)29-21(31)13-33-19-9-6-16(10-20(19)32-3)22(26)34-23(27)30-18-7-4-15(5-8-18)17(11-25)12-28-35-24/h4-12,14,26,35H,13,25H2,1-3H3,(H2,27,30)(H,29,31). The van der Waals surface area contributed by atoms with Crippen molar-refractivity contribution in [1.29, 1.82) is 5.41 Å². The summed E-state index contributed by atoms with van der Waals surface area (Å²) in [6.45, 7) is 3.57. The van der Waals surface area contributed by atoms with Crippen molar-refractivity contribution in [1.82, 2.24) is 5.32 Å². The van der Waals surface area contributed by atoms with E-state index in [0.29, 0.717) is 29.1 Å². The normalized spacial score (nSPS) is 12.4. The number of nitrogens with one attached hydrogen (secondary N) is 2. The third kappa shape index (κ3) is 9.18. The second-order valence-electron chi connectivity index (χ2n) is 7.27. The van der Waals surface area contributed by atoms with E-state index in [9.17, 15) is 4.79 Å². The molecule has 35 heavy (non-hydrogen) atoms. The first-order valence-corrected chi connectivity index (χ1v) is 14.5. The molecular weight excluding hydrogens is 582 g/mol. The number of amidine groups is 1. The predicted molar refractivity (Wildman–Crippen MR) is 150 cm³/mol. The molecule has 0 aliphatic rings. The van der Waals surface area contributed by atoms with Crippen LogP contribution >= 0.6 is 28.4 Å². The van der Waals surface area contributed by atoms with E-state index in [-0.39, 0.29) is 30.5 Å². The second kappa shape index (κ2) is 14.3. The van der Waals surface area contributed by atoms with E-state index in [1.165, 1.54) is 13.3 Å². The number of benzene rings is 2. The number of halogens is 1. The summed E-state index contributed by atoms with van der Waals surface area (Å²) < 4.78 is 20.4. The van der Waals surface area contributed by atoms with Gasteiger partial charge in [-0.2, -0.15) is 4.99 Å². The monoisotopic (exact) mass is 610 g/mol. The molecule has 6 N–H and O–H groups in total. The third-order valence-electron chi connectivity index (χ3n) is 4.31. The average Bonchev–Trinajstić information content (AvgIpc) is 2.83. The maximum absolute atomic E-state index is 11.8. The van der Waals surface area contributed by atoms with Crippen molar-refractivity contribution in [3.63, 3.8) is 0 Å². The Morgan fingerprint density at radius 1 is 1.20 bits per heavy atom. The van der Waals surface area contributed by atoms with Gasteiger partial charge in [-0.25, -0.2) is 0 Å². The van der Waals surface area contributed by atoms with Gasteiger partial charge in [0.25, 0.3) is 11.9 Å². The van der Waals surface area contributed by atoms with Gasteiger partial charge in [0.1, 0.15) is 0 Å². The van der Waals surface area contributed by atoms with Crippen molar-refractivity contribution in [2.75, 3.05) is 13.7 Å². The van der Waals surface area contributed by atoms with E-state index in [4.69, 9.17) is 31.1 Å². The van der Waals surface area contributed by atoms with Crippen LogP contribution in [-0.4, -0.2) is 43.8 Å². The predicted octanol–water partition coefficient (Wildman–Crippen LogP) is 3.90. The Labute approximate surface area is 219 Å². The first kappa shape index (κ1) is 28.1. The van der Waals surface area contributed by atoms with Crippen molar-refractivity contribution in [2.24, 2.45) is 21.2 Å². The first-order chi connectivity index (χ1) is 16.8. The van der Waals surface area contributed by atoms with Gasteiger partial charge >= 0.3 is 0 Å². The maximum Gasteiger partial charge on any atom is 0.294 e. The molecule has 0 bridgehead atoms. The Bertz CT molecular complexity index is 1120. The van der Waals surface area contributed by atoms with Gasteiger partial charge in [0.05, 0.1) is 19.2 Å². The third-order valence-corrected chi connectivity index (χ3v) is 5.38.